The Bertz CT molecular complexity index is 745. The van der Waals surface area contributed by atoms with Gasteiger partial charge in [-0.25, -0.2) is 0 Å². The second kappa shape index (κ2) is 5.14. The van der Waals surface area contributed by atoms with E-state index in [-0.39, 0.29) is 12.0 Å². The highest BCUT2D eigenvalue weighted by molar-refractivity contribution is 5.77. The maximum Gasteiger partial charge on any atom is 0.312 e. The number of aromatic amines is 2. The maximum atomic E-state index is 12.3. The van der Waals surface area contributed by atoms with E-state index in [1.165, 1.54) is 7.11 Å². The summed E-state index contributed by atoms with van der Waals surface area (Å²) >= 11 is 0. The Balaban J connectivity index is 2.25. The van der Waals surface area contributed by atoms with Gasteiger partial charge in [-0.2, -0.15) is 0 Å². The van der Waals surface area contributed by atoms with Crippen LogP contribution in [0.3, 0.4) is 0 Å². The van der Waals surface area contributed by atoms with Crippen molar-refractivity contribution < 1.29 is 14.6 Å². The molecule has 3 rings (SSSR count). The Morgan fingerprint density at radius 3 is 2.64 bits per heavy atom. The van der Waals surface area contributed by atoms with Crippen LogP contribution in [0.1, 0.15) is 29.7 Å². The minimum absolute atomic E-state index is 0.185. The molecule has 0 amide bonds. The number of benzene rings is 1. The Hall–Kier alpha value is -2.34. The van der Waals surface area contributed by atoms with Gasteiger partial charge >= 0.3 is 5.97 Å². The first-order valence-corrected chi connectivity index (χ1v) is 7.10. The molecule has 1 aromatic heterocycles. The van der Waals surface area contributed by atoms with Crippen molar-refractivity contribution in [2.24, 2.45) is 5.92 Å². The summed E-state index contributed by atoms with van der Waals surface area (Å²) in [5.74, 6) is -1.92. The first-order valence-electron chi connectivity index (χ1n) is 7.10. The van der Waals surface area contributed by atoms with Crippen LogP contribution >= 0.6 is 0 Å². The highest BCUT2D eigenvalue weighted by Gasteiger charge is 2.50. The van der Waals surface area contributed by atoms with E-state index >= 15 is 0 Å². The van der Waals surface area contributed by atoms with Crippen LogP contribution in [0.5, 0.6) is 0 Å². The lowest BCUT2D eigenvalue weighted by molar-refractivity contribution is -0.156. The zero-order chi connectivity index (χ0) is 15.9. The van der Waals surface area contributed by atoms with Crippen LogP contribution in [-0.4, -0.2) is 34.0 Å². The maximum absolute atomic E-state index is 12.3. The average Bonchev–Trinajstić information content (AvgIpc) is 2.85. The predicted molar refractivity (Wildman–Crippen MR) is 79.5 cm³/mol. The quantitative estimate of drug-likeness (QED) is 0.719. The molecule has 6 nitrogen and oxygen atoms in total. The van der Waals surface area contributed by atoms with Gasteiger partial charge in [-0.3, -0.25) is 14.7 Å². The third-order valence-corrected chi connectivity index (χ3v) is 4.36. The number of methoxy groups -OCH3 is 1. The topological polar surface area (TPSA) is 95.2 Å². The van der Waals surface area contributed by atoms with Crippen molar-refractivity contribution in [3.05, 3.63) is 57.5 Å². The lowest BCUT2D eigenvalue weighted by Gasteiger charge is -2.40. The molecule has 2 aromatic rings. The van der Waals surface area contributed by atoms with E-state index in [1.807, 2.05) is 30.3 Å². The predicted octanol–water partition coefficient (Wildman–Crippen LogP) is 0.931. The molecule has 1 heterocycles. The van der Waals surface area contributed by atoms with Crippen molar-refractivity contribution >= 4 is 5.97 Å². The summed E-state index contributed by atoms with van der Waals surface area (Å²) in [6.07, 6.45) is 0.185. The van der Waals surface area contributed by atoms with Gasteiger partial charge in [-0.1, -0.05) is 30.3 Å². The SMILES string of the molecule is COC(=O)[C@@H]1[C@@H](c2ccccc2)c2c([nH][nH]c2=O)C[C@@]1(C)O. The highest BCUT2D eigenvalue weighted by atomic mass is 16.5. The third kappa shape index (κ3) is 2.16. The van der Waals surface area contributed by atoms with Gasteiger partial charge in [0.15, 0.2) is 0 Å². The van der Waals surface area contributed by atoms with Crippen LogP contribution in [-0.2, 0) is 16.0 Å². The lowest BCUT2D eigenvalue weighted by atomic mass is 9.66. The molecular weight excluding hydrogens is 284 g/mol. The number of fused-ring (bicyclic) bond motifs is 1. The summed E-state index contributed by atoms with van der Waals surface area (Å²) in [6.45, 7) is 1.60. The van der Waals surface area contributed by atoms with Gasteiger partial charge < -0.3 is 14.9 Å². The smallest absolute Gasteiger partial charge is 0.312 e. The summed E-state index contributed by atoms with van der Waals surface area (Å²) < 4.78 is 4.89. The van der Waals surface area contributed by atoms with Crippen LogP contribution in [0.15, 0.2) is 35.1 Å². The molecule has 0 aliphatic heterocycles. The van der Waals surface area contributed by atoms with E-state index in [1.54, 1.807) is 6.92 Å². The van der Waals surface area contributed by atoms with Crippen LogP contribution in [0.4, 0.5) is 0 Å². The fourth-order valence-electron chi connectivity index (χ4n) is 3.40. The molecule has 3 N–H and O–H groups in total. The first kappa shape index (κ1) is 14.6. The molecule has 0 saturated carbocycles. The largest absolute Gasteiger partial charge is 0.469 e. The Kier molecular flexibility index (Phi) is 3.41. The summed E-state index contributed by atoms with van der Waals surface area (Å²) in [5, 5.41) is 16.1. The Morgan fingerprint density at radius 1 is 1.32 bits per heavy atom. The number of aliphatic hydroxyl groups is 1. The first-order chi connectivity index (χ1) is 10.5. The molecule has 3 atom stereocenters. The van der Waals surface area contributed by atoms with E-state index in [2.05, 4.69) is 10.2 Å². The number of carbonyl (C=O) groups is 1. The van der Waals surface area contributed by atoms with E-state index in [4.69, 9.17) is 4.74 Å². The normalized spacial score (nSPS) is 27.2. The molecule has 22 heavy (non-hydrogen) atoms. The van der Waals surface area contributed by atoms with Crippen LogP contribution in [0.2, 0.25) is 0 Å². The van der Waals surface area contributed by atoms with Gasteiger partial charge in [-0.05, 0) is 12.5 Å². The van der Waals surface area contributed by atoms with Crippen molar-refractivity contribution in [2.45, 2.75) is 24.9 Å². The van der Waals surface area contributed by atoms with Crippen molar-refractivity contribution in [1.82, 2.24) is 10.2 Å². The van der Waals surface area contributed by atoms with Crippen molar-refractivity contribution in [2.75, 3.05) is 7.11 Å². The van der Waals surface area contributed by atoms with E-state index in [9.17, 15) is 14.7 Å². The standard InChI is InChI=1S/C16H18N2O4/c1-16(21)8-10-12(14(19)18-17-10)11(13(16)15(20)22-2)9-6-4-3-5-7-9/h3-7,11,13,21H,8H2,1-2H3,(H2,17,18,19)/t11-,13-,16+/m0/s1. The number of nitrogens with one attached hydrogen (secondary N) is 2. The minimum atomic E-state index is -1.31. The van der Waals surface area contributed by atoms with Crippen LogP contribution < -0.4 is 5.56 Å². The van der Waals surface area contributed by atoms with Crippen LogP contribution in [0, 0.1) is 5.92 Å². The van der Waals surface area contributed by atoms with Gasteiger partial charge in [0, 0.05) is 23.6 Å². The number of hydrogen-bond donors (Lipinski definition) is 3. The molecular formula is C16H18N2O4. The molecule has 0 radical (unpaired) electrons. The second-order valence-corrected chi connectivity index (χ2v) is 5.89. The minimum Gasteiger partial charge on any atom is -0.469 e. The molecule has 6 heteroatoms. The van der Waals surface area contributed by atoms with E-state index in [0.717, 1.165) is 5.56 Å². The van der Waals surface area contributed by atoms with Gasteiger partial charge in [0.05, 0.1) is 18.6 Å². The fourth-order valence-corrected chi connectivity index (χ4v) is 3.40. The summed E-state index contributed by atoms with van der Waals surface area (Å²) in [6, 6.07) is 9.23. The molecule has 0 fully saturated rings. The zero-order valence-electron chi connectivity index (χ0n) is 12.4. The lowest BCUT2D eigenvalue weighted by Crippen LogP contribution is -2.49. The number of esters is 1. The highest BCUT2D eigenvalue weighted by Crippen LogP contribution is 2.44. The number of H-pyrrole nitrogens is 2. The fraction of sp³-hybridized carbons (Fsp3) is 0.375. The molecule has 1 aliphatic rings. The number of rotatable bonds is 2. The second-order valence-electron chi connectivity index (χ2n) is 5.89. The molecule has 0 unspecified atom stereocenters. The molecule has 0 bridgehead atoms. The van der Waals surface area contributed by atoms with Gasteiger partial charge in [0.2, 0.25) is 0 Å². The number of ether oxygens (including phenoxy) is 1. The number of hydrogen-bond acceptors (Lipinski definition) is 4. The molecule has 1 aliphatic carbocycles. The molecule has 0 spiro atoms. The monoisotopic (exact) mass is 302 g/mol. The van der Waals surface area contributed by atoms with Crippen molar-refractivity contribution in [3.63, 3.8) is 0 Å². The number of carbonyl (C=O) groups excluding carboxylic acids is 1. The molecule has 1 aromatic carbocycles. The number of aromatic nitrogens is 2. The van der Waals surface area contributed by atoms with E-state index in [0.29, 0.717) is 11.3 Å². The van der Waals surface area contributed by atoms with Gasteiger partial charge in [0.1, 0.15) is 0 Å². The summed E-state index contributed by atoms with van der Waals surface area (Å²) in [7, 11) is 1.29. The van der Waals surface area contributed by atoms with Gasteiger partial charge in [-0.15, -0.1) is 0 Å². The Labute approximate surface area is 127 Å². The van der Waals surface area contributed by atoms with Crippen molar-refractivity contribution in [1.29, 1.82) is 0 Å². The zero-order valence-corrected chi connectivity index (χ0v) is 12.4. The molecule has 116 valence electrons. The van der Waals surface area contributed by atoms with Crippen LogP contribution in [0.25, 0.3) is 0 Å². The van der Waals surface area contributed by atoms with Gasteiger partial charge in [0.25, 0.3) is 5.56 Å². The van der Waals surface area contributed by atoms with E-state index < -0.39 is 23.4 Å². The summed E-state index contributed by atoms with van der Waals surface area (Å²) in [4.78, 5) is 24.5. The van der Waals surface area contributed by atoms with Crippen molar-refractivity contribution in [3.8, 4) is 0 Å². The molecule has 0 saturated heterocycles. The third-order valence-electron chi connectivity index (χ3n) is 4.36. The summed E-state index contributed by atoms with van der Waals surface area (Å²) in [5.41, 5.74) is 0.334. The average molecular weight is 302 g/mol. The Morgan fingerprint density at radius 2 is 2.00 bits per heavy atom.